The summed E-state index contributed by atoms with van der Waals surface area (Å²) in [5.41, 5.74) is 1.50. The fraction of sp³-hybridized carbons (Fsp3) is 0.227. The van der Waals surface area contributed by atoms with E-state index in [1.165, 1.54) is 6.08 Å². The molecule has 1 heterocycles. The van der Waals surface area contributed by atoms with Crippen molar-refractivity contribution in [1.29, 1.82) is 0 Å². The second kappa shape index (κ2) is 10.5. The van der Waals surface area contributed by atoms with Gasteiger partial charge >= 0.3 is 0 Å². The highest BCUT2D eigenvalue weighted by Gasteiger charge is 2.23. The van der Waals surface area contributed by atoms with Crippen LogP contribution < -0.4 is 10.0 Å². The van der Waals surface area contributed by atoms with Crippen LogP contribution in [0.2, 0.25) is 0 Å². The second-order valence-corrected chi connectivity index (χ2v) is 9.26. The lowest BCUT2D eigenvalue weighted by molar-refractivity contribution is -0.123. The SMILES string of the molecule is CSCCC(NS(=O)(=O)/C=C/c1ccccc1)C(=O)NCc1cc2ccccc2o1. The summed E-state index contributed by atoms with van der Waals surface area (Å²) >= 11 is 1.55. The summed E-state index contributed by atoms with van der Waals surface area (Å²) < 4.78 is 33.1. The van der Waals surface area contributed by atoms with Crippen LogP contribution in [0.4, 0.5) is 0 Å². The number of fused-ring (bicyclic) bond motifs is 1. The number of rotatable bonds is 10. The minimum atomic E-state index is -3.78. The second-order valence-electron chi connectivity index (χ2n) is 6.68. The molecule has 30 heavy (non-hydrogen) atoms. The first-order valence-corrected chi connectivity index (χ1v) is 12.4. The molecular weight excluding hydrogens is 420 g/mol. The van der Waals surface area contributed by atoms with Crippen molar-refractivity contribution in [2.24, 2.45) is 0 Å². The molecule has 0 saturated carbocycles. The molecule has 0 fully saturated rings. The zero-order valence-corrected chi connectivity index (χ0v) is 18.2. The Kier molecular flexibility index (Phi) is 7.73. The first-order chi connectivity index (χ1) is 14.5. The zero-order valence-electron chi connectivity index (χ0n) is 16.6. The Hall–Kier alpha value is -2.55. The van der Waals surface area contributed by atoms with Gasteiger partial charge in [-0.05, 0) is 42.2 Å². The van der Waals surface area contributed by atoms with Gasteiger partial charge in [0, 0.05) is 10.8 Å². The Bertz CT molecular complexity index is 1080. The summed E-state index contributed by atoms with van der Waals surface area (Å²) in [7, 11) is -3.78. The Morgan fingerprint density at radius 3 is 2.60 bits per heavy atom. The third kappa shape index (κ3) is 6.48. The van der Waals surface area contributed by atoms with E-state index >= 15 is 0 Å². The molecule has 0 saturated heterocycles. The maximum absolute atomic E-state index is 12.7. The van der Waals surface area contributed by atoms with E-state index in [0.29, 0.717) is 17.9 Å². The van der Waals surface area contributed by atoms with Crippen molar-refractivity contribution in [3.8, 4) is 0 Å². The summed E-state index contributed by atoms with van der Waals surface area (Å²) in [5.74, 6) is 0.870. The Morgan fingerprint density at radius 1 is 1.13 bits per heavy atom. The molecule has 0 radical (unpaired) electrons. The summed E-state index contributed by atoms with van der Waals surface area (Å²) in [6, 6.07) is 17.7. The lowest BCUT2D eigenvalue weighted by Crippen LogP contribution is -2.46. The quantitative estimate of drug-likeness (QED) is 0.497. The fourth-order valence-corrected chi connectivity index (χ4v) is 4.38. The van der Waals surface area contributed by atoms with E-state index in [1.807, 2.05) is 54.8 Å². The molecule has 0 aliphatic rings. The number of carbonyl (C=O) groups excluding carboxylic acids is 1. The molecule has 158 valence electrons. The predicted molar refractivity (Wildman–Crippen MR) is 122 cm³/mol. The Labute approximate surface area is 180 Å². The van der Waals surface area contributed by atoms with E-state index in [-0.39, 0.29) is 12.5 Å². The van der Waals surface area contributed by atoms with Crippen LogP contribution in [0, 0.1) is 0 Å². The van der Waals surface area contributed by atoms with Gasteiger partial charge < -0.3 is 9.73 Å². The molecular formula is C22H24N2O4S2. The van der Waals surface area contributed by atoms with Crippen molar-refractivity contribution in [3.05, 3.63) is 77.4 Å². The van der Waals surface area contributed by atoms with Crippen LogP contribution in [0.5, 0.6) is 0 Å². The number of amides is 1. The molecule has 2 N–H and O–H groups in total. The van der Waals surface area contributed by atoms with Crippen LogP contribution in [-0.4, -0.2) is 32.4 Å². The van der Waals surface area contributed by atoms with Gasteiger partial charge in [-0.3, -0.25) is 4.79 Å². The molecule has 0 bridgehead atoms. The highest BCUT2D eigenvalue weighted by Crippen LogP contribution is 2.18. The molecule has 0 spiro atoms. The van der Waals surface area contributed by atoms with Crippen LogP contribution in [0.3, 0.4) is 0 Å². The van der Waals surface area contributed by atoms with E-state index in [1.54, 1.807) is 23.9 Å². The third-order valence-electron chi connectivity index (χ3n) is 4.39. The van der Waals surface area contributed by atoms with Crippen molar-refractivity contribution < 1.29 is 17.6 Å². The number of carbonyl (C=O) groups is 1. The van der Waals surface area contributed by atoms with Gasteiger partial charge in [0.25, 0.3) is 0 Å². The maximum atomic E-state index is 12.7. The van der Waals surface area contributed by atoms with Gasteiger partial charge in [0.15, 0.2) is 0 Å². The van der Waals surface area contributed by atoms with E-state index < -0.39 is 16.1 Å². The van der Waals surface area contributed by atoms with E-state index in [2.05, 4.69) is 10.0 Å². The number of hydrogen-bond acceptors (Lipinski definition) is 5. The molecule has 2 aromatic carbocycles. The summed E-state index contributed by atoms with van der Waals surface area (Å²) in [4.78, 5) is 12.7. The van der Waals surface area contributed by atoms with Crippen molar-refractivity contribution >= 4 is 44.7 Å². The minimum absolute atomic E-state index is 0.185. The zero-order chi connectivity index (χ0) is 21.4. The monoisotopic (exact) mass is 444 g/mol. The van der Waals surface area contributed by atoms with E-state index in [0.717, 1.165) is 21.9 Å². The topological polar surface area (TPSA) is 88.4 Å². The van der Waals surface area contributed by atoms with Crippen molar-refractivity contribution in [3.63, 3.8) is 0 Å². The van der Waals surface area contributed by atoms with Crippen LogP contribution in [0.1, 0.15) is 17.7 Å². The molecule has 3 rings (SSSR count). The highest BCUT2D eigenvalue weighted by molar-refractivity contribution is 7.98. The molecule has 1 atom stereocenters. The predicted octanol–water partition coefficient (Wildman–Crippen LogP) is 3.76. The molecule has 1 aromatic heterocycles. The van der Waals surface area contributed by atoms with Crippen molar-refractivity contribution in [1.82, 2.24) is 10.0 Å². The molecule has 0 aliphatic carbocycles. The normalized spacial score (nSPS) is 13.0. The summed E-state index contributed by atoms with van der Waals surface area (Å²) in [5, 5.41) is 4.81. The fourth-order valence-electron chi connectivity index (χ4n) is 2.87. The lowest BCUT2D eigenvalue weighted by Gasteiger charge is -2.16. The largest absolute Gasteiger partial charge is 0.459 e. The van der Waals surface area contributed by atoms with Crippen LogP contribution in [0.25, 0.3) is 17.0 Å². The first-order valence-electron chi connectivity index (χ1n) is 9.46. The number of para-hydroxylation sites is 1. The van der Waals surface area contributed by atoms with E-state index in [9.17, 15) is 13.2 Å². The van der Waals surface area contributed by atoms with Crippen molar-refractivity contribution in [2.75, 3.05) is 12.0 Å². The molecule has 0 aliphatic heterocycles. The summed E-state index contributed by atoms with van der Waals surface area (Å²) in [6.45, 7) is 0.185. The van der Waals surface area contributed by atoms with Gasteiger partial charge in [-0.1, -0.05) is 48.5 Å². The van der Waals surface area contributed by atoms with Crippen molar-refractivity contribution in [2.45, 2.75) is 19.0 Å². The number of nitrogens with one attached hydrogen (secondary N) is 2. The number of benzene rings is 2. The van der Waals surface area contributed by atoms with E-state index in [4.69, 9.17) is 4.42 Å². The van der Waals surface area contributed by atoms with Gasteiger partial charge in [0.1, 0.15) is 17.4 Å². The van der Waals surface area contributed by atoms with Gasteiger partial charge in [-0.2, -0.15) is 16.5 Å². The Balaban J connectivity index is 1.64. The molecule has 3 aromatic rings. The first kappa shape index (κ1) is 22.1. The molecule has 1 unspecified atom stereocenters. The highest BCUT2D eigenvalue weighted by atomic mass is 32.2. The van der Waals surface area contributed by atoms with Crippen LogP contribution in [-0.2, 0) is 21.4 Å². The molecule has 6 nitrogen and oxygen atoms in total. The lowest BCUT2D eigenvalue weighted by atomic mass is 10.2. The van der Waals surface area contributed by atoms with Gasteiger partial charge in [-0.15, -0.1) is 0 Å². The average molecular weight is 445 g/mol. The van der Waals surface area contributed by atoms with Gasteiger partial charge in [0.2, 0.25) is 15.9 Å². The molecule has 8 heteroatoms. The maximum Gasteiger partial charge on any atom is 0.238 e. The Morgan fingerprint density at radius 2 is 1.87 bits per heavy atom. The smallest absolute Gasteiger partial charge is 0.238 e. The average Bonchev–Trinajstić information content (AvgIpc) is 3.17. The number of sulfonamides is 1. The third-order valence-corrected chi connectivity index (χ3v) is 6.14. The van der Waals surface area contributed by atoms with Crippen LogP contribution >= 0.6 is 11.8 Å². The minimum Gasteiger partial charge on any atom is -0.459 e. The van der Waals surface area contributed by atoms with Gasteiger partial charge in [-0.25, -0.2) is 8.42 Å². The van der Waals surface area contributed by atoms with Crippen LogP contribution in [0.15, 0.2) is 70.5 Å². The summed E-state index contributed by atoms with van der Waals surface area (Å²) in [6.07, 6.45) is 3.79. The standard InChI is InChI=1S/C22H24N2O4S2/c1-29-13-11-20(24-30(26,27)14-12-17-7-3-2-4-8-17)22(25)23-16-19-15-18-9-5-6-10-21(18)28-19/h2-10,12,14-15,20,24H,11,13,16H2,1H3,(H,23,25)/b14-12+. The number of furan rings is 1. The number of hydrogen-bond donors (Lipinski definition) is 2. The molecule has 1 amide bonds. The van der Waals surface area contributed by atoms with Gasteiger partial charge in [0.05, 0.1) is 6.54 Å². The number of thioether (sulfide) groups is 1.